The molecule has 2 nitrogen and oxygen atoms in total. The number of thioether (sulfide) groups is 1. The van der Waals surface area contributed by atoms with Gasteiger partial charge in [0.25, 0.3) is 0 Å². The Balaban J connectivity index is 2.01. The van der Waals surface area contributed by atoms with Crippen molar-refractivity contribution in [2.24, 2.45) is 4.99 Å². The Labute approximate surface area is 162 Å². The van der Waals surface area contributed by atoms with Crippen molar-refractivity contribution in [3.05, 3.63) is 53.1 Å². The van der Waals surface area contributed by atoms with Gasteiger partial charge in [-0.25, -0.2) is 0 Å². The van der Waals surface area contributed by atoms with E-state index < -0.39 is 0 Å². The molecule has 0 aromatic heterocycles. The van der Waals surface area contributed by atoms with Crippen molar-refractivity contribution in [1.82, 2.24) is 0 Å². The monoisotopic (exact) mass is 366 g/mol. The van der Waals surface area contributed by atoms with E-state index in [1.54, 1.807) is 11.8 Å². The summed E-state index contributed by atoms with van der Waals surface area (Å²) < 4.78 is 0. The Hall–Kier alpha value is -1.74. The lowest BCUT2D eigenvalue weighted by Gasteiger charge is -2.47. The zero-order chi connectivity index (χ0) is 18.9. The van der Waals surface area contributed by atoms with Gasteiger partial charge in [0.2, 0.25) is 0 Å². The van der Waals surface area contributed by atoms with E-state index in [0.29, 0.717) is 5.92 Å². The Morgan fingerprint density at radius 3 is 2.69 bits per heavy atom. The molecule has 138 valence electrons. The molecule has 1 atom stereocenters. The van der Waals surface area contributed by atoms with Crippen molar-refractivity contribution in [2.75, 3.05) is 17.7 Å². The van der Waals surface area contributed by atoms with Crippen molar-refractivity contribution >= 4 is 29.4 Å². The van der Waals surface area contributed by atoms with Crippen LogP contribution in [0.15, 0.2) is 46.3 Å². The molecular weight excluding hydrogens is 336 g/mol. The molecule has 3 heteroatoms. The second-order valence-corrected chi connectivity index (χ2v) is 8.71. The quantitative estimate of drug-likeness (QED) is 0.448. The van der Waals surface area contributed by atoms with Crippen LogP contribution in [0.25, 0.3) is 0 Å². The van der Waals surface area contributed by atoms with Gasteiger partial charge in [-0.15, -0.1) is 11.8 Å². The van der Waals surface area contributed by atoms with Crippen molar-refractivity contribution < 1.29 is 0 Å². The van der Waals surface area contributed by atoms with Crippen molar-refractivity contribution in [1.29, 1.82) is 0 Å². The van der Waals surface area contributed by atoms with E-state index in [1.807, 2.05) is 6.21 Å². The van der Waals surface area contributed by atoms with Gasteiger partial charge in [0, 0.05) is 28.9 Å². The molecule has 3 rings (SSSR count). The summed E-state index contributed by atoms with van der Waals surface area (Å²) in [7, 11) is 0. The van der Waals surface area contributed by atoms with E-state index >= 15 is 0 Å². The molecule has 1 aliphatic rings. The van der Waals surface area contributed by atoms with E-state index in [9.17, 15) is 0 Å². The van der Waals surface area contributed by atoms with E-state index in [2.05, 4.69) is 82.2 Å². The van der Waals surface area contributed by atoms with Crippen LogP contribution in [0.4, 0.5) is 11.4 Å². The Morgan fingerprint density at radius 2 is 2.00 bits per heavy atom. The highest BCUT2D eigenvalue weighted by molar-refractivity contribution is 7.98. The average Bonchev–Trinajstić information content (AvgIpc) is 2.60. The first kappa shape index (κ1) is 19.0. The topological polar surface area (TPSA) is 15.6 Å². The normalized spacial score (nSPS) is 19.0. The second kappa shape index (κ2) is 7.48. The van der Waals surface area contributed by atoms with Crippen LogP contribution in [0.5, 0.6) is 0 Å². The van der Waals surface area contributed by atoms with Gasteiger partial charge in [-0.3, -0.25) is 4.99 Å². The molecular formula is C23H30N2S. The fraction of sp³-hybridized carbons (Fsp3) is 0.435. The molecule has 1 heterocycles. The lowest BCUT2D eigenvalue weighted by molar-refractivity contribution is 0.381. The van der Waals surface area contributed by atoms with Gasteiger partial charge in [-0.05, 0) is 87.2 Å². The predicted molar refractivity (Wildman–Crippen MR) is 117 cm³/mol. The molecule has 2 aromatic rings. The molecule has 0 radical (unpaired) electrons. The maximum absolute atomic E-state index is 4.79. The third kappa shape index (κ3) is 3.55. The molecule has 1 aliphatic heterocycles. The maximum atomic E-state index is 4.79. The van der Waals surface area contributed by atoms with E-state index in [4.69, 9.17) is 4.99 Å². The molecule has 0 fully saturated rings. The molecule has 0 spiro atoms. The summed E-state index contributed by atoms with van der Waals surface area (Å²) in [6.07, 6.45) is 5.32. The van der Waals surface area contributed by atoms with Gasteiger partial charge in [-0.1, -0.05) is 19.1 Å². The number of hydrogen-bond acceptors (Lipinski definition) is 3. The number of aryl methyl sites for hydroxylation is 1. The minimum Gasteiger partial charge on any atom is -0.366 e. The smallest absolute Gasteiger partial charge is 0.0765 e. The third-order valence-corrected chi connectivity index (χ3v) is 6.30. The molecule has 0 amide bonds. The van der Waals surface area contributed by atoms with Gasteiger partial charge in [-0.2, -0.15) is 0 Å². The number of anilines is 1. The summed E-state index contributed by atoms with van der Waals surface area (Å²) in [5, 5.41) is 0. The van der Waals surface area contributed by atoms with Crippen LogP contribution >= 0.6 is 11.8 Å². The van der Waals surface area contributed by atoms with Crippen molar-refractivity contribution in [3.8, 4) is 0 Å². The van der Waals surface area contributed by atoms with Crippen LogP contribution in [0.3, 0.4) is 0 Å². The highest BCUT2D eigenvalue weighted by Crippen LogP contribution is 2.44. The summed E-state index contributed by atoms with van der Waals surface area (Å²) in [6, 6.07) is 13.0. The van der Waals surface area contributed by atoms with Crippen LogP contribution in [0.2, 0.25) is 0 Å². The number of aliphatic imine (C=N–C) groups is 1. The van der Waals surface area contributed by atoms with Gasteiger partial charge < -0.3 is 4.90 Å². The number of benzene rings is 2. The molecule has 1 unspecified atom stereocenters. The highest BCUT2D eigenvalue weighted by atomic mass is 32.2. The minimum absolute atomic E-state index is 0.209. The lowest BCUT2D eigenvalue weighted by atomic mass is 9.79. The Bertz CT molecular complexity index is 823. The molecule has 0 bridgehead atoms. The summed E-state index contributed by atoms with van der Waals surface area (Å²) in [5.41, 5.74) is 6.62. The molecule has 0 saturated carbocycles. The SMILES string of the molecule is CCN1c2cc(C)c(C=Nc3ccccc3SC)cc2C(C)CC1(C)C. The minimum atomic E-state index is 0.209. The first-order valence-corrected chi connectivity index (χ1v) is 10.7. The second-order valence-electron chi connectivity index (χ2n) is 7.86. The first-order chi connectivity index (χ1) is 12.4. The molecule has 2 aromatic carbocycles. The number of rotatable bonds is 4. The molecule has 26 heavy (non-hydrogen) atoms. The van der Waals surface area contributed by atoms with E-state index in [-0.39, 0.29) is 5.54 Å². The first-order valence-electron chi connectivity index (χ1n) is 9.46. The van der Waals surface area contributed by atoms with Crippen LogP contribution < -0.4 is 4.90 Å². The zero-order valence-corrected chi connectivity index (χ0v) is 17.7. The largest absolute Gasteiger partial charge is 0.366 e. The number of fused-ring (bicyclic) bond motifs is 1. The fourth-order valence-electron chi connectivity index (χ4n) is 4.26. The van der Waals surface area contributed by atoms with Crippen LogP contribution in [-0.2, 0) is 0 Å². The van der Waals surface area contributed by atoms with E-state index in [1.165, 1.54) is 33.7 Å². The predicted octanol–water partition coefficient (Wildman–Crippen LogP) is 6.58. The summed E-state index contributed by atoms with van der Waals surface area (Å²) >= 11 is 1.74. The highest BCUT2D eigenvalue weighted by Gasteiger charge is 2.35. The molecule has 0 N–H and O–H groups in total. The van der Waals surface area contributed by atoms with Crippen LogP contribution in [-0.4, -0.2) is 24.6 Å². The maximum Gasteiger partial charge on any atom is 0.0765 e. The van der Waals surface area contributed by atoms with Crippen LogP contribution in [0.1, 0.15) is 56.7 Å². The number of nitrogens with zero attached hydrogens (tertiary/aromatic N) is 2. The molecule has 0 aliphatic carbocycles. The number of para-hydroxylation sites is 1. The number of hydrogen-bond donors (Lipinski definition) is 0. The summed E-state index contributed by atoms with van der Waals surface area (Å²) in [6.45, 7) is 12.6. The van der Waals surface area contributed by atoms with Crippen molar-refractivity contribution in [2.45, 2.75) is 57.4 Å². The van der Waals surface area contributed by atoms with Gasteiger partial charge in [0.1, 0.15) is 0 Å². The summed E-state index contributed by atoms with van der Waals surface area (Å²) in [5.74, 6) is 0.564. The van der Waals surface area contributed by atoms with E-state index in [0.717, 1.165) is 12.2 Å². The van der Waals surface area contributed by atoms with Crippen LogP contribution in [0, 0.1) is 6.92 Å². The summed E-state index contributed by atoms with van der Waals surface area (Å²) in [4.78, 5) is 8.56. The van der Waals surface area contributed by atoms with Gasteiger partial charge in [0.05, 0.1) is 5.69 Å². The standard InChI is InChI=1S/C23H30N2S/c1-7-25-21-12-16(2)18(13-19(21)17(3)14-23(25,4)5)15-24-20-10-8-9-11-22(20)26-6/h8-13,15,17H,7,14H2,1-6H3. The van der Waals surface area contributed by atoms with Gasteiger partial charge in [0.15, 0.2) is 0 Å². The lowest BCUT2D eigenvalue weighted by Crippen LogP contribution is -2.48. The van der Waals surface area contributed by atoms with Crippen molar-refractivity contribution in [3.63, 3.8) is 0 Å². The average molecular weight is 367 g/mol. The fourth-order valence-corrected chi connectivity index (χ4v) is 4.81. The van der Waals surface area contributed by atoms with Gasteiger partial charge >= 0.3 is 0 Å². The Morgan fingerprint density at radius 1 is 1.27 bits per heavy atom. The molecule has 0 saturated heterocycles. The zero-order valence-electron chi connectivity index (χ0n) is 16.8. The Kier molecular flexibility index (Phi) is 5.47. The third-order valence-electron chi connectivity index (χ3n) is 5.52.